The minimum Gasteiger partial charge on any atom is -0.477 e. The Kier molecular flexibility index (Phi) is 8.55. The number of carboxylic acids is 1. The predicted octanol–water partition coefficient (Wildman–Crippen LogP) is 1.73. The van der Waals surface area contributed by atoms with Crippen molar-refractivity contribution in [3.05, 3.63) is 40.7 Å². The van der Waals surface area contributed by atoms with E-state index in [2.05, 4.69) is 30.9 Å². The maximum atomic E-state index is 13.3. The van der Waals surface area contributed by atoms with E-state index in [1.165, 1.54) is 35.1 Å². The maximum absolute atomic E-state index is 13.3. The molecule has 1 aliphatic carbocycles. The molecule has 0 bridgehead atoms. The number of rotatable bonds is 10. The van der Waals surface area contributed by atoms with E-state index in [-0.39, 0.29) is 22.9 Å². The largest absolute Gasteiger partial charge is 0.477 e. The van der Waals surface area contributed by atoms with E-state index in [0.717, 1.165) is 11.3 Å². The third kappa shape index (κ3) is 6.28. The van der Waals surface area contributed by atoms with Gasteiger partial charge in [-0.1, -0.05) is 16.4 Å². The number of nitrogens with one attached hydrogen (secondary N) is 3. The second-order valence-corrected chi connectivity index (χ2v) is 11.8. The van der Waals surface area contributed by atoms with E-state index >= 15 is 0 Å². The van der Waals surface area contributed by atoms with Crippen LogP contribution in [0, 0.1) is 0 Å². The van der Waals surface area contributed by atoms with Crippen molar-refractivity contribution in [2.75, 3.05) is 16.8 Å². The lowest BCUT2D eigenvalue weighted by molar-refractivity contribution is -0.167. The Morgan fingerprint density at radius 3 is 2.81 bits per heavy atom. The molecule has 0 aromatic carbocycles. The number of hydrogen-bond donors (Lipinski definition) is 4. The van der Waals surface area contributed by atoms with Gasteiger partial charge in [-0.25, -0.2) is 9.78 Å². The van der Waals surface area contributed by atoms with Crippen molar-refractivity contribution in [3.63, 3.8) is 0 Å². The molecule has 14 nitrogen and oxygen atoms in total. The minimum absolute atomic E-state index is 0.177. The number of aliphatic carboxylic acids is 1. The molecule has 222 valence electrons. The Bertz CT molecular complexity index is 1490. The predicted molar refractivity (Wildman–Crippen MR) is 143 cm³/mol. The Labute approximate surface area is 246 Å². The second kappa shape index (κ2) is 12.1. The Hall–Kier alpha value is -3.91. The number of allylic oxidation sites excluding steroid dienone is 1. The summed E-state index contributed by atoms with van der Waals surface area (Å²) >= 11 is 3.15. The number of hydrogen-bond acceptors (Lipinski definition) is 12. The number of nitrogens with zero attached hydrogens (tertiary/aromatic N) is 5. The fraction of sp³-hybridized carbons (Fsp3) is 0.364. The Balaban J connectivity index is 1.32. The van der Waals surface area contributed by atoms with E-state index in [9.17, 15) is 37.5 Å². The first-order valence-electron chi connectivity index (χ1n) is 12.0. The summed E-state index contributed by atoms with van der Waals surface area (Å²) in [5, 5.41) is 28.4. The number of fused-ring (bicyclic) bond motifs is 1. The molecule has 20 heteroatoms. The van der Waals surface area contributed by atoms with Crippen molar-refractivity contribution < 1.29 is 42.3 Å². The van der Waals surface area contributed by atoms with Crippen molar-refractivity contribution >= 4 is 69.4 Å². The van der Waals surface area contributed by atoms with Gasteiger partial charge in [0.15, 0.2) is 10.8 Å². The average molecular weight is 645 g/mol. The SMILES string of the molecule is O=C(O)C1=C(CSc2cnn[nH]2)CS[C@@H]2C(NC(=O)/C(=N\OC3C=CCC3)c3csc(NC(=O)C(F)(F)F)n3)C(=O)N12. The van der Waals surface area contributed by atoms with Crippen LogP contribution in [-0.2, 0) is 24.0 Å². The molecule has 2 aliphatic heterocycles. The lowest BCUT2D eigenvalue weighted by atomic mass is 10.0. The zero-order valence-corrected chi connectivity index (χ0v) is 23.4. The Morgan fingerprint density at radius 2 is 2.14 bits per heavy atom. The summed E-state index contributed by atoms with van der Waals surface area (Å²) in [5.74, 6) is -4.61. The molecule has 3 amide bonds. The molecular weight excluding hydrogens is 625 g/mol. The molecule has 3 aliphatic rings. The van der Waals surface area contributed by atoms with Crippen LogP contribution in [0.15, 0.2) is 45.2 Å². The molecule has 2 aromatic heterocycles. The molecule has 0 saturated carbocycles. The molecular formula is C22H19F3N8O6S3. The fourth-order valence-electron chi connectivity index (χ4n) is 4.05. The summed E-state index contributed by atoms with van der Waals surface area (Å²) in [6.45, 7) is 0. The third-order valence-electron chi connectivity index (χ3n) is 6.02. The molecule has 1 saturated heterocycles. The number of anilines is 1. The average Bonchev–Trinajstić information content (AvgIpc) is 3.73. The highest BCUT2D eigenvalue weighted by molar-refractivity contribution is 8.01. The maximum Gasteiger partial charge on any atom is 0.471 e. The van der Waals surface area contributed by atoms with Gasteiger partial charge in [0.2, 0.25) is 0 Å². The van der Waals surface area contributed by atoms with Crippen LogP contribution >= 0.6 is 34.9 Å². The number of β-lactam (4-membered cyclic amide) rings is 1. The molecule has 0 radical (unpaired) electrons. The lowest BCUT2D eigenvalue weighted by Crippen LogP contribution is -2.71. The van der Waals surface area contributed by atoms with E-state index in [0.29, 0.717) is 28.4 Å². The summed E-state index contributed by atoms with van der Waals surface area (Å²) in [5.41, 5.74) is -0.317. The van der Waals surface area contributed by atoms with Crippen molar-refractivity contribution in [3.8, 4) is 0 Å². The van der Waals surface area contributed by atoms with E-state index < -0.39 is 58.2 Å². The first kappa shape index (κ1) is 29.6. The molecule has 0 spiro atoms. The van der Waals surface area contributed by atoms with Crippen LogP contribution in [0.25, 0.3) is 0 Å². The quantitative estimate of drug-likeness (QED) is 0.0968. The smallest absolute Gasteiger partial charge is 0.471 e. The van der Waals surface area contributed by atoms with E-state index in [4.69, 9.17) is 4.84 Å². The van der Waals surface area contributed by atoms with Crippen molar-refractivity contribution in [2.45, 2.75) is 41.6 Å². The van der Waals surface area contributed by atoms with Gasteiger partial charge in [-0.3, -0.25) is 29.7 Å². The van der Waals surface area contributed by atoms with Gasteiger partial charge in [-0.05, 0) is 24.5 Å². The number of oxime groups is 1. The molecule has 2 aromatic rings. The monoisotopic (exact) mass is 644 g/mol. The highest BCUT2D eigenvalue weighted by Crippen LogP contribution is 2.41. The normalized spacial score (nSPS) is 22.1. The summed E-state index contributed by atoms with van der Waals surface area (Å²) in [6.07, 6.45) is 0.745. The fourth-order valence-corrected chi connectivity index (χ4v) is 7.01. The molecule has 5 rings (SSSR count). The summed E-state index contributed by atoms with van der Waals surface area (Å²) in [4.78, 5) is 60.2. The number of carboxylic acid groups (broad SMARTS) is 1. The minimum atomic E-state index is -5.15. The number of thiazole rings is 1. The number of thioether (sulfide) groups is 2. The van der Waals surface area contributed by atoms with E-state index in [1.54, 1.807) is 11.4 Å². The van der Waals surface area contributed by atoms with Gasteiger partial charge in [-0.2, -0.15) is 13.2 Å². The van der Waals surface area contributed by atoms with Crippen LogP contribution in [0.5, 0.6) is 0 Å². The van der Waals surface area contributed by atoms with Gasteiger partial charge in [0.05, 0.1) is 6.20 Å². The highest BCUT2D eigenvalue weighted by Gasteiger charge is 2.54. The highest BCUT2D eigenvalue weighted by atomic mass is 32.2. The van der Waals surface area contributed by atoms with Gasteiger partial charge in [0, 0.05) is 16.9 Å². The zero-order valence-electron chi connectivity index (χ0n) is 21.0. The standard InChI is InChI=1S/C22H19F3N8O6S3/c23-22(24,25)20(38)29-21-27-11(8-42-21)13(31-39-10-3-1-2-4-10)16(34)28-14-17(35)33-15(19(36)37)9(7-41-18(14)33)6-40-12-5-26-32-30-12/h1,3,5,8,10,14,18H,2,4,6-7H2,(H,28,34)(H,36,37)(H,26,30,32)(H,27,29,38)/b31-13-/t10?,14?,18-/m1/s1. The van der Waals surface area contributed by atoms with Crippen LogP contribution in [0.3, 0.4) is 0 Å². The summed E-state index contributed by atoms with van der Waals surface area (Å²) in [7, 11) is 0. The summed E-state index contributed by atoms with van der Waals surface area (Å²) in [6, 6.07) is -1.12. The molecule has 2 unspecified atom stereocenters. The zero-order chi connectivity index (χ0) is 30.0. The van der Waals surface area contributed by atoms with Crippen molar-refractivity contribution in [2.24, 2.45) is 5.16 Å². The topological polar surface area (TPSA) is 192 Å². The Morgan fingerprint density at radius 1 is 1.33 bits per heavy atom. The molecule has 4 heterocycles. The molecule has 3 atom stereocenters. The van der Waals surface area contributed by atoms with Gasteiger partial charge in [-0.15, -0.1) is 40.0 Å². The van der Waals surface area contributed by atoms with Crippen LogP contribution in [0.2, 0.25) is 0 Å². The second-order valence-electron chi connectivity index (χ2n) is 8.81. The van der Waals surface area contributed by atoms with Crippen LogP contribution < -0.4 is 10.6 Å². The van der Waals surface area contributed by atoms with Crippen LogP contribution in [0.4, 0.5) is 18.3 Å². The van der Waals surface area contributed by atoms with E-state index in [1.807, 2.05) is 6.08 Å². The number of carbonyl (C=O) groups excluding carboxylic acids is 3. The third-order valence-corrected chi connectivity index (χ3v) is 9.12. The van der Waals surface area contributed by atoms with Crippen LogP contribution in [-0.4, -0.2) is 95.0 Å². The number of alkyl halides is 3. The molecule has 1 fully saturated rings. The number of halogens is 3. The van der Waals surface area contributed by atoms with Gasteiger partial charge < -0.3 is 15.3 Å². The number of H-pyrrole nitrogens is 1. The number of aromatic amines is 1. The first-order valence-corrected chi connectivity index (χ1v) is 14.9. The summed E-state index contributed by atoms with van der Waals surface area (Å²) < 4.78 is 38.0. The van der Waals surface area contributed by atoms with Gasteiger partial charge in [0.25, 0.3) is 11.8 Å². The van der Waals surface area contributed by atoms with Gasteiger partial charge >= 0.3 is 18.1 Å². The van der Waals surface area contributed by atoms with Crippen LogP contribution in [0.1, 0.15) is 18.5 Å². The van der Waals surface area contributed by atoms with Crippen molar-refractivity contribution in [1.29, 1.82) is 0 Å². The van der Waals surface area contributed by atoms with Crippen molar-refractivity contribution in [1.82, 2.24) is 30.6 Å². The van der Waals surface area contributed by atoms with Gasteiger partial charge in [0.1, 0.15) is 33.9 Å². The number of amides is 3. The molecule has 42 heavy (non-hydrogen) atoms. The number of aromatic nitrogens is 4. The lowest BCUT2D eigenvalue weighted by Gasteiger charge is -2.49. The molecule has 4 N–H and O–H groups in total. The first-order chi connectivity index (χ1) is 20.0. The number of carbonyl (C=O) groups is 4.